The monoisotopic (exact) mass is 236 g/mol. The molecule has 0 saturated heterocycles. The normalized spacial score (nSPS) is 19.2. The number of rotatable bonds is 4. The van der Waals surface area contributed by atoms with Crippen molar-refractivity contribution in [2.45, 2.75) is 32.1 Å². The van der Waals surface area contributed by atoms with E-state index in [4.69, 9.17) is 0 Å². The van der Waals surface area contributed by atoms with Gasteiger partial charge in [-0.2, -0.15) is 0 Å². The minimum absolute atomic E-state index is 0.0249. The van der Waals surface area contributed by atoms with Gasteiger partial charge in [-0.25, -0.2) is 0 Å². The van der Waals surface area contributed by atoms with Crippen LogP contribution >= 0.6 is 11.3 Å². The summed E-state index contributed by atoms with van der Waals surface area (Å²) < 4.78 is 0. The average molecular weight is 236 g/mol. The number of hydrogen-bond donors (Lipinski definition) is 0. The lowest BCUT2D eigenvalue weighted by Crippen LogP contribution is -2.26. The summed E-state index contributed by atoms with van der Waals surface area (Å²) in [5.74, 6) is -0.100. The molecule has 1 aliphatic carbocycles. The molecule has 0 amide bonds. The molecule has 1 aromatic heterocycles. The second-order valence-electron chi connectivity index (χ2n) is 4.40. The molecule has 1 aromatic rings. The highest BCUT2D eigenvalue weighted by atomic mass is 32.1. The highest BCUT2D eigenvalue weighted by Crippen LogP contribution is 2.31. The quantitative estimate of drug-likeness (QED) is 0.456. The maximum Gasteiger partial charge on any atom is 0.183 e. The van der Waals surface area contributed by atoms with Crippen LogP contribution in [0.3, 0.4) is 0 Å². The first kappa shape index (κ1) is 11.5. The van der Waals surface area contributed by atoms with E-state index in [1.807, 2.05) is 17.5 Å². The van der Waals surface area contributed by atoms with Gasteiger partial charge >= 0.3 is 0 Å². The lowest BCUT2D eigenvalue weighted by atomic mass is 9.78. The molecule has 0 bridgehead atoms. The van der Waals surface area contributed by atoms with Gasteiger partial charge < -0.3 is 4.79 Å². The molecule has 1 heterocycles. The number of thiophene rings is 1. The Morgan fingerprint density at radius 2 is 2.12 bits per heavy atom. The van der Waals surface area contributed by atoms with Gasteiger partial charge in [0.2, 0.25) is 0 Å². The van der Waals surface area contributed by atoms with Crippen LogP contribution < -0.4 is 0 Å². The van der Waals surface area contributed by atoms with E-state index in [0.717, 1.165) is 36.8 Å². The van der Waals surface area contributed by atoms with Crippen molar-refractivity contribution in [2.24, 2.45) is 11.8 Å². The van der Waals surface area contributed by atoms with Crippen LogP contribution in [-0.2, 0) is 4.79 Å². The summed E-state index contributed by atoms with van der Waals surface area (Å²) >= 11 is 1.43. The van der Waals surface area contributed by atoms with Gasteiger partial charge in [0.05, 0.1) is 10.8 Å². The van der Waals surface area contributed by atoms with Crippen molar-refractivity contribution in [2.75, 3.05) is 0 Å². The molecule has 0 radical (unpaired) electrons. The van der Waals surface area contributed by atoms with Gasteiger partial charge in [0, 0.05) is 0 Å². The number of ketones is 1. The number of aldehydes is 1. The predicted molar refractivity (Wildman–Crippen MR) is 64.8 cm³/mol. The molecule has 16 heavy (non-hydrogen) atoms. The summed E-state index contributed by atoms with van der Waals surface area (Å²) in [5.41, 5.74) is 0. The summed E-state index contributed by atoms with van der Waals surface area (Å²) in [6.45, 7) is 0. The molecule has 1 fully saturated rings. The number of carbonyl (C=O) groups excluding carboxylic acids is 2. The van der Waals surface area contributed by atoms with E-state index in [0.29, 0.717) is 0 Å². The van der Waals surface area contributed by atoms with Crippen molar-refractivity contribution in [1.82, 2.24) is 0 Å². The van der Waals surface area contributed by atoms with Crippen molar-refractivity contribution in [1.29, 1.82) is 0 Å². The van der Waals surface area contributed by atoms with Gasteiger partial charge in [0.25, 0.3) is 0 Å². The molecule has 0 N–H and O–H groups in total. The molecule has 0 aromatic carbocycles. The van der Waals surface area contributed by atoms with E-state index in [1.54, 1.807) is 0 Å². The third-order valence-corrected chi connectivity index (χ3v) is 4.26. The van der Waals surface area contributed by atoms with Crippen molar-refractivity contribution in [3.05, 3.63) is 22.4 Å². The predicted octanol–water partition coefficient (Wildman–Crippen LogP) is 3.33. The van der Waals surface area contributed by atoms with E-state index in [9.17, 15) is 9.59 Å². The van der Waals surface area contributed by atoms with Crippen LogP contribution in [0.4, 0.5) is 0 Å². The van der Waals surface area contributed by atoms with Crippen molar-refractivity contribution >= 4 is 23.4 Å². The van der Waals surface area contributed by atoms with Gasteiger partial charge in [-0.1, -0.05) is 25.3 Å². The third-order valence-electron chi connectivity index (χ3n) is 3.37. The molecular weight excluding hydrogens is 220 g/mol. The Balaban J connectivity index is 2.09. The summed E-state index contributed by atoms with van der Waals surface area (Å²) in [7, 11) is 0. The Hall–Kier alpha value is -0.960. The lowest BCUT2D eigenvalue weighted by molar-refractivity contribution is -0.111. The first-order valence-electron chi connectivity index (χ1n) is 5.86. The van der Waals surface area contributed by atoms with E-state index in [1.165, 1.54) is 17.8 Å². The van der Waals surface area contributed by atoms with Crippen LogP contribution in [0.1, 0.15) is 41.8 Å². The fraction of sp³-hybridized carbons (Fsp3) is 0.538. The lowest BCUT2D eigenvalue weighted by Gasteiger charge is -2.25. The minimum Gasteiger partial charge on any atom is -0.303 e. The molecule has 0 aliphatic heterocycles. The van der Waals surface area contributed by atoms with Gasteiger partial charge in [-0.3, -0.25) is 4.79 Å². The van der Waals surface area contributed by atoms with E-state index >= 15 is 0 Å². The van der Waals surface area contributed by atoms with Gasteiger partial charge in [0.15, 0.2) is 5.78 Å². The molecule has 1 saturated carbocycles. The van der Waals surface area contributed by atoms with Crippen LogP contribution in [0, 0.1) is 11.8 Å². The van der Waals surface area contributed by atoms with Crippen molar-refractivity contribution in [3.8, 4) is 0 Å². The maximum absolute atomic E-state index is 12.1. The zero-order valence-corrected chi connectivity index (χ0v) is 10.0. The average Bonchev–Trinajstić information content (AvgIpc) is 2.85. The molecule has 2 rings (SSSR count). The highest BCUT2D eigenvalue weighted by Gasteiger charge is 2.30. The molecule has 86 valence electrons. The van der Waals surface area contributed by atoms with E-state index < -0.39 is 5.92 Å². The van der Waals surface area contributed by atoms with Crippen molar-refractivity contribution < 1.29 is 9.59 Å². The molecule has 3 heteroatoms. The van der Waals surface area contributed by atoms with Crippen LogP contribution in [0.25, 0.3) is 0 Å². The molecule has 0 spiro atoms. The maximum atomic E-state index is 12.1. The van der Waals surface area contributed by atoms with Gasteiger partial charge in [0.1, 0.15) is 6.29 Å². The largest absolute Gasteiger partial charge is 0.303 e. The van der Waals surface area contributed by atoms with Crippen molar-refractivity contribution in [3.63, 3.8) is 0 Å². The summed E-state index contributed by atoms with van der Waals surface area (Å²) in [4.78, 5) is 24.0. The zero-order chi connectivity index (χ0) is 11.4. The Morgan fingerprint density at radius 1 is 1.38 bits per heavy atom. The Bertz CT molecular complexity index is 350. The van der Waals surface area contributed by atoms with Gasteiger partial charge in [-0.05, 0) is 30.2 Å². The van der Waals surface area contributed by atoms with Crippen LogP contribution in [-0.4, -0.2) is 12.1 Å². The molecule has 1 aliphatic rings. The summed E-state index contributed by atoms with van der Waals surface area (Å²) in [6, 6.07) is 3.67. The first-order valence-corrected chi connectivity index (χ1v) is 6.74. The second-order valence-corrected chi connectivity index (χ2v) is 5.35. The number of Topliss-reactive ketones (excluding diaryl/α,β-unsaturated/α-hetero) is 1. The second kappa shape index (κ2) is 5.39. The van der Waals surface area contributed by atoms with E-state index in [-0.39, 0.29) is 11.7 Å². The van der Waals surface area contributed by atoms with Crippen LogP contribution in [0.5, 0.6) is 0 Å². The van der Waals surface area contributed by atoms with Crippen LogP contribution in [0.15, 0.2) is 17.5 Å². The van der Waals surface area contributed by atoms with E-state index in [2.05, 4.69) is 0 Å². The standard InChI is InChI=1S/C13H16O2S/c14-9-11(10-5-2-1-3-6-10)13(15)12-7-4-8-16-12/h4,7-11H,1-3,5-6H2. The Morgan fingerprint density at radius 3 is 2.69 bits per heavy atom. The topological polar surface area (TPSA) is 34.1 Å². The first-order chi connectivity index (χ1) is 7.83. The summed E-state index contributed by atoms with van der Waals surface area (Å²) in [5, 5.41) is 1.88. The molecule has 1 atom stereocenters. The smallest absolute Gasteiger partial charge is 0.183 e. The molecule has 1 unspecified atom stereocenters. The molecule has 2 nitrogen and oxygen atoms in total. The number of carbonyl (C=O) groups is 2. The summed E-state index contributed by atoms with van der Waals surface area (Å²) in [6.07, 6.45) is 6.48. The molecular formula is C13H16O2S. The highest BCUT2D eigenvalue weighted by molar-refractivity contribution is 7.12. The SMILES string of the molecule is O=CC(C(=O)c1cccs1)C1CCCCC1. The Labute approximate surface area is 99.7 Å². The fourth-order valence-electron chi connectivity index (χ4n) is 2.46. The zero-order valence-electron chi connectivity index (χ0n) is 9.22. The van der Waals surface area contributed by atoms with Gasteiger partial charge in [-0.15, -0.1) is 11.3 Å². The Kier molecular flexibility index (Phi) is 3.88. The number of hydrogen-bond acceptors (Lipinski definition) is 3. The third kappa shape index (κ3) is 2.40. The fourth-order valence-corrected chi connectivity index (χ4v) is 3.18. The van der Waals surface area contributed by atoms with Crippen LogP contribution in [0.2, 0.25) is 0 Å². The minimum atomic E-state index is -0.404.